The molecule has 0 aromatic carbocycles. The fourth-order valence-corrected chi connectivity index (χ4v) is 1.33. The number of carboxylic acid groups (broad SMARTS) is 1. The summed E-state index contributed by atoms with van der Waals surface area (Å²) in [7, 11) is 0. The van der Waals surface area contributed by atoms with Gasteiger partial charge in [0.15, 0.2) is 0 Å². The van der Waals surface area contributed by atoms with Gasteiger partial charge in [-0.25, -0.2) is 0 Å². The summed E-state index contributed by atoms with van der Waals surface area (Å²) in [4.78, 5) is 10.5. The molecule has 0 spiro atoms. The monoisotopic (exact) mass is 187 g/mol. The van der Waals surface area contributed by atoms with E-state index >= 15 is 0 Å². The van der Waals surface area contributed by atoms with E-state index in [2.05, 4.69) is 5.32 Å². The SMILES string of the molecule is CC(CNC1CCCOC1)C(=O)O. The second-order valence-corrected chi connectivity index (χ2v) is 3.56. The Hall–Kier alpha value is -0.610. The molecule has 76 valence electrons. The molecule has 0 amide bonds. The van der Waals surface area contributed by atoms with Gasteiger partial charge in [0.1, 0.15) is 0 Å². The Balaban J connectivity index is 2.13. The van der Waals surface area contributed by atoms with Crippen molar-refractivity contribution in [2.24, 2.45) is 5.92 Å². The van der Waals surface area contributed by atoms with Gasteiger partial charge in [0.2, 0.25) is 0 Å². The largest absolute Gasteiger partial charge is 0.481 e. The summed E-state index contributed by atoms with van der Waals surface area (Å²) in [5, 5.41) is 11.8. The van der Waals surface area contributed by atoms with Gasteiger partial charge in [-0.05, 0) is 12.8 Å². The van der Waals surface area contributed by atoms with Crippen LogP contribution in [0.15, 0.2) is 0 Å². The molecular weight excluding hydrogens is 170 g/mol. The summed E-state index contributed by atoms with van der Waals surface area (Å²) in [6, 6.07) is 0.343. The molecule has 1 fully saturated rings. The zero-order chi connectivity index (χ0) is 9.68. The highest BCUT2D eigenvalue weighted by Crippen LogP contribution is 2.06. The van der Waals surface area contributed by atoms with Gasteiger partial charge < -0.3 is 15.2 Å². The maximum atomic E-state index is 10.5. The molecule has 1 saturated heterocycles. The molecule has 0 bridgehead atoms. The van der Waals surface area contributed by atoms with Crippen molar-refractivity contribution < 1.29 is 14.6 Å². The summed E-state index contributed by atoms with van der Waals surface area (Å²) in [6.45, 7) is 3.79. The third-order valence-corrected chi connectivity index (χ3v) is 2.29. The van der Waals surface area contributed by atoms with Crippen molar-refractivity contribution in [1.82, 2.24) is 5.32 Å². The van der Waals surface area contributed by atoms with E-state index in [4.69, 9.17) is 9.84 Å². The highest BCUT2D eigenvalue weighted by molar-refractivity contribution is 5.69. The van der Waals surface area contributed by atoms with Crippen molar-refractivity contribution in [2.75, 3.05) is 19.8 Å². The van der Waals surface area contributed by atoms with Crippen molar-refractivity contribution in [3.05, 3.63) is 0 Å². The van der Waals surface area contributed by atoms with Crippen molar-refractivity contribution in [1.29, 1.82) is 0 Å². The fraction of sp³-hybridized carbons (Fsp3) is 0.889. The molecule has 2 unspecified atom stereocenters. The molecule has 4 heteroatoms. The molecule has 2 N–H and O–H groups in total. The summed E-state index contributed by atoms with van der Waals surface area (Å²) >= 11 is 0. The number of aliphatic carboxylic acids is 1. The van der Waals surface area contributed by atoms with Crippen molar-refractivity contribution in [2.45, 2.75) is 25.8 Å². The van der Waals surface area contributed by atoms with Gasteiger partial charge in [0.05, 0.1) is 12.5 Å². The van der Waals surface area contributed by atoms with E-state index in [1.165, 1.54) is 0 Å². The Labute approximate surface area is 78.3 Å². The highest BCUT2D eigenvalue weighted by Gasteiger charge is 2.16. The maximum Gasteiger partial charge on any atom is 0.307 e. The van der Waals surface area contributed by atoms with Gasteiger partial charge in [0, 0.05) is 19.2 Å². The minimum atomic E-state index is -0.746. The number of nitrogens with one attached hydrogen (secondary N) is 1. The lowest BCUT2D eigenvalue weighted by Gasteiger charge is -2.23. The van der Waals surface area contributed by atoms with Crippen LogP contribution in [-0.2, 0) is 9.53 Å². The van der Waals surface area contributed by atoms with Crippen LogP contribution in [0.5, 0.6) is 0 Å². The first-order chi connectivity index (χ1) is 6.20. The normalized spacial score (nSPS) is 25.5. The van der Waals surface area contributed by atoms with Crippen LogP contribution in [0.2, 0.25) is 0 Å². The summed E-state index contributed by atoms with van der Waals surface area (Å²) in [5.41, 5.74) is 0. The first-order valence-corrected chi connectivity index (χ1v) is 4.74. The zero-order valence-electron chi connectivity index (χ0n) is 7.95. The van der Waals surface area contributed by atoms with Crippen molar-refractivity contribution in [3.8, 4) is 0 Å². The quantitative estimate of drug-likeness (QED) is 0.672. The second kappa shape index (κ2) is 5.19. The second-order valence-electron chi connectivity index (χ2n) is 3.56. The van der Waals surface area contributed by atoms with E-state index in [0.717, 1.165) is 19.4 Å². The van der Waals surface area contributed by atoms with E-state index in [0.29, 0.717) is 19.2 Å². The third-order valence-electron chi connectivity index (χ3n) is 2.29. The molecule has 0 saturated carbocycles. The maximum absolute atomic E-state index is 10.5. The lowest BCUT2D eigenvalue weighted by molar-refractivity contribution is -0.141. The number of hydrogen-bond acceptors (Lipinski definition) is 3. The van der Waals surface area contributed by atoms with E-state index in [-0.39, 0.29) is 5.92 Å². The summed E-state index contributed by atoms with van der Waals surface area (Å²) in [6.07, 6.45) is 2.16. The Morgan fingerprint density at radius 1 is 1.77 bits per heavy atom. The van der Waals surface area contributed by atoms with E-state index in [9.17, 15) is 4.79 Å². The standard InChI is InChI=1S/C9H17NO3/c1-7(9(11)12)5-10-8-3-2-4-13-6-8/h7-8,10H,2-6H2,1H3,(H,11,12). The molecule has 4 nitrogen and oxygen atoms in total. The summed E-state index contributed by atoms with van der Waals surface area (Å²) < 4.78 is 5.26. The molecule has 13 heavy (non-hydrogen) atoms. The van der Waals surface area contributed by atoms with Crippen LogP contribution in [0.25, 0.3) is 0 Å². The predicted molar refractivity (Wildman–Crippen MR) is 48.6 cm³/mol. The number of carboxylic acids is 1. The smallest absolute Gasteiger partial charge is 0.307 e. The Morgan fingerprint density at radius 2 is 2.54 bits per heavy atom. The minimum Gasteiger partial charge on any atom is -0.481 e. The number of ether oxygens (including phenoxy) is 1. The average Bonchev–Trinajstić information content (AvgIpc) is 2.15. The number of rotatable bonds is 4. The van der Waals surface area contributed by atoms with Crippen LogP contribution < -0.4 is 5.32 Å². The molecule has 0 aromatic heterocycles. The van der Waals surface area contributed by atoms with Crippen LogP contribution in [0, 0.1) is 5.92 Å². The fourth-order valence-electron chi connectivity index (χ4n) is 1.33. The van der Waals surface area contributed by atoms with Crippen LogP contribution >= 0.6 is 0 Å². The summed E-state index contributed by atoms with van der Waals surface area (Å²) in [5.74, 6) is -1.06. The Bertz CT molecular complexity index is 166. The van der Waals surface area contributed by atoms with Crippen molar-refractivity contribution in [3.63, 3.8) is 0 Å². The zero-order valence-corrected chi connectivity index (χ0v) is 7.95. The molecule has 0 aliphatic carbocycles. The topological polar surface area (TPSA) is 58.6 Å². The molecule has 0 aromatic rings. The Kier molecular flexibility index (Phi) is 4.18. The lowest BCUT2D eigenvalue weighted by atomic mass is 10.1. The van der Waals surface area contributed by atoms with Gasteiger partial charge in [-0.3, -0.25) is 4.79 Å². The van der Waals surface area contributed by atoms with E-state index in [1.807, 2.05) is 0 Å². The first-order valence-electron chi connectivity index (χ1n) is 4.74. The molecule has 1 aliphatic rings. The van der Waals surface area contributed by atoms with Crippen LogP contribution in [0.1, 0.15) is 19.8 Å². The third kappa shape index (κ3) is 3.74. The predicted octanol–water partition coefficient (Wildman–Crippen LogP) is 0.476. The van der Waals surface area contributed by atoms with Gasteiger partial charge in [0.25, 0.3) is 0 Å². The molecular formula is C9H17NO3. The number of hydrogen-bond donors (Lipinski definition) is 2. The molecule has 1 rings (SSSR count). The van der Waals surface area contributed by atoms with Crippen LogP contribution in [0.3, 0.4) is 0 Å². The van der Waals surface area contributed by atoms with Crippen LogP contribution in [-0.4, -0.2) is 36.9 Å². The molecule has 1 heterocycles. The molecule has 1 aliphatic heterocycles. The minimum absolute atomic E-state index is 0.318. The van der Waals surface area contributed by atoms with E-state index < -0.39 is 5.97 Å². The van der Waals surface area contributed by atoms with E-state index in [1.54, 1.807) is 6.92 Å². The van der Waals surface area contributed by atoms with Crippen LogP contribution in [0.4, 0.5) is 0 Å². The van der Waals surface area contributed by atoms with Gasteiger partial charge in [-0.1, -0.05) is 6.92 Å². The highest BCUT2D eigenvalue weighted by atomic mass is 16.5. The molecule has 2 atom stereocenters. The van der Waals surface area contributed by atoms with Gasteiger partial charge in [-0.2, -0.15) is 0 Å². The average molecular weight is 187 g/mol. The van der Waals surface area contributed by atoms with Crippen molar-refractivity contribution >= 4 is 5.97 Å². The number of carbonyl (C=O) groups is 1. The van der Waals surface area contributed by atoms with Gasteiger partial charge in [-0.15, -0.1) is 0 Å². The lowest BCUT2D eigenvalue weighted by Crippen LogP contribution is -2.40. The molecule has 0 radical (unpaired) electrons. The Morgan fingerprint density at radius 3 is 3.08 bits per heavy atom. The van der Waals surface area contributed by atoms with Gasteiger partial charge >= 0.3 is 5.97 Å². The first kappa shape index (κ1) is 10.5.